The zero-order valence-corrected chi connectivity index (χ0v) is 11.7. The molecule has 3 rings (SSSR count). The van der Waals surface area contributed by atoms with Crippen LogP contribution < -0.4 is 10.4 Å². The zero-order valence-electron chi connectivity index (χ0n) is 11.7. The molecule has 21 heavy (non-hydrogen) atoms. The van der Waals surface area contributed by atoms with Crippen LogP contribution in [0.3, 0.4) is 0 Å². The Hall–Kier alpha value is -2.57. The fourth-order valence-corrected chi connectivity index (χ4v) is 2.53. The fourth-order valence-electron chi connectivity index (χ4n) is 2.53. The highest BCUT2D eigenvalue weighted by Gasteiger charge is 2.23. The Morgan fingerprint density at radius 3 is 2.90 bits per heavy atom. The van der Waals surface area contributed by atoms with Gasteiger partial charge in [-0.05, 0) is 12.1 Å². The van der Waals surface area contributed by atoms with Crippen molar-refractivity contribution in [2.45, 2.75) is 13.0 Å². The van der Waals surface area contributed by atoms with E-state index in [2.05, 4.69) is 10.2 Å². The Balaban J connectivity index is 1.82. The normalized spacial score (nSPS) is 14.4. The number of para-hydroxylation sites is 1. The summed E-state index contributed by atoms with van der Waals surface area (Å²) in [6, 6.07) is 7.15. The highest BCUT2D eigenvalue weighted by molar-refractivity contribution is 5.97. The van der Waals surface area contributed by atoms with Crippen molar-refractivity contribution >= 4 is 5.91 Å². The predicted molar refractivity (Wildman–Crippen MR) is 75.4 cm³/mol. The van der Waals surface area contributed by atoms with Crippen molar-refractivity contribution in [2.75, 3.05) is 20.2 Å². The van der Waals surface area contributed by atoms with E-state index in [9.17, 15) is 9.59 Å². The number of ether oxygens (including phenoxy) is 1. The molecule has 110 valence electrons. The van der Waals surface area contributed by atoms with Crippen molar-refractivity contribution in [3.05, 3.63) is 46.1 Å². The van der Waals surface area contributed by atoms with E-state index in [-0.39, 0.29) is 11.6 Å². The number of H-pyrrole nitrogens is 1. The Bertz CT molecular complexity index is 719. The number of methoxy groups -OCH3 is 1. The van der Waals surface area contributed by atoms with Crippen molar-refractivity contribution in [3.8, 4) is 5.75 Å². The second-order valence-electron chi connectivity index (χ2n) is 4.84. The topological polar surface area (TPSA) is 80.2 Å². The SMILES string of the molecule is COc1ccccc1C(=O)N1CCc2n[nH]c(=O)n2CC1. The van der Waals surface area contributed by atoms with Crippen LogP contribution in [-0.4, -0.2) is 45.8 Å². The van der Waals surface area contributed by atoms with Gasteiger partial charge in [0.15, 0.2) is 0 Å². The van der Waals surface area contributed by atoms with E-state index in [4.69, 9.17) is 4.74 Å². The number of hydrogen-bond acceptors (Lipinski definition) is 4. The summed E-state index contributed by atoms with van der Waals surface area (Å²) in [5, 5.41) is 6.41. The average molecular weight is 288 g/mol. The summed E-state index contributed by atoms with van der Waals surface area (Å²) in [5.74, 6) is 1.16. The number of nitrogens with zero attached hydrogens (tertiary/aromatic N) is 3. The first-order chi connectivity index (χ1) is 10.2. The van der Waals surface area contributed by atoms with E-state index in [0.29, 0.717) is 43.2 Å². The molecule has 1 aliphatic heterocycles. The number of hydrogen-bond donors (Lipinski definition) is 1. The zero-order chi connectivity index (χ0) is 14.8. The van der Waals surface area contributed by atoms with E-state index < -0.39 is 0 Å². The first-order valence-corrected chi connectivity index (χ1v) is 6.77. The molecule has 0 aliphatic carbocycles. The van der Waals surface area contributed by atoms with Crippen LogP contribution in [0, 0.1) is 0 Å². The molecule has 2 aromatic rings. The van der Waals surface area contributed by atoms with Crippen LogP contribution >= 0.6 is 0 Å². The number of carbonyl (C=O) groups is 1. The maximum atomic E-state index is 12.6. The number of aromatic amines is 1. The molecular formula is C14H16N4O3. The van der Waals surface area contributed by atoms with Gasteiger partial charge in [-0.15, -0.1) is 0 Å². The first kappa shape index (κ1) is 13.4. The van der Waals surface area contributed by atoms with Gasteiger partial charge in [0.05, 0.1) is 12.7 Å². The molecule has 0 atom stereocenters. The molecule has 1 aromatic heterocycles. The summed E-state index contributed by atoms with van der Waals surface area (Å²) in [4.78, 5) is 25.9. The number of amides is 1. The molecule has 0 saturated heterocycles. The lowest BCUT2D eigenvalue weighted by Crippen LogP contribution is -2.34. The molecule has 1 aromatic carbocycles. The lowest BCUT2D eigenvalue weighted by atomic mass is 10.1. The molecule has 2 heterocycles. The molecule has 1 N–H and O–H groups in total. The molecule has 1 aliphatic rings. The summed E-state index contributed by atoms with van der Waals surface area (Å²) >= 11 is 0. The third-order valence-corrected chi connectivity index (χ3v) is 3.66. The van der Waals surface area contributed by atoms with Crippen LogP contribution in [0.15, 0.2) is 29.1 Å². The molecule has 0 bridgehead atoms. The second kappa shape index (κ2) is 5.43. The Morgan fingerprint density at radius 2 is 2.10 bits per heavy atom. The Labute approximate surface area is 121 Å². The summed E-state index contributed by atoms with van der Waals surface area (Å²) in [6.45, 7) is 1.45. The molecule has 0 spiro atoms. The van der Waals surface area contributed by atoms with Crippen molar-refractivity contribution in [2.24, 2.45) is 0 Å². The number of rotatable bonds is 2. The standard InChI is InChI=1S/C14H16N4O3/c1-21-11-5-3-2-4-10(11)13(19)17-7-6-12-15-16-14(20)18(12)9-8-17/h2-5H,6-9H2,1H3,(H,16,20). The lowest BCUT2D eigenvalue weighted by Gasteiger charge is -2.21. The molecule has 0 fully saturated rings. The van der Waals surface area contributed by atoms with Gasteiger partial charge in [-0.2, -0.15) is 5.10 Å². The van der Waals surface area contributed by atoms with Gasteiger partial charge in [-0.25, -0.2) is 9.89 Å². The van der Waals surface area contributed by atoms with Crippen LogP contribution in [0.5, 0.6) is 5.75 Å². The van der Waals surface area contributed by atoms with Gasteiger partial charge >= 0.3 is 5.69 Å². The van der Waals surface area contributed by atoms with Gasteiger partial charge in [-0.3, -0.25) is 9.36 Å². The summed E-state index contributed by atoms with van der Waals surface area (Å²) in [7, 11) is 1.55. The van der Waals surface area contributed by atoms with Crippen LogP contribution in [0.25, 0.3) is 0 Å². The Kier molecular flexibility index (Phi) is 3.47. The lowest BCUT2D eigenvalue weighted by molar-refractivity contribution is 0.0755. The minimum atomic E-state index is -0.225. The molecular weight excluding hydrogens is 272 g/mol. The molecule has 7 nitrogen and oxygen atoms in total. The van der Waals surface area contributed by atoms with Gasteiger partial charge < -0.3 is 9.64 Å². The smallest absolute Gasteiger partial charge is 0.343 e. The largest absolute Gasteiger partial charge is 0.496 e. The molecule has 1 amide bonds. The number of fused-ring (bicyclic) bond motifs is 1. The molecule has 7 heteroatoms. The van der Waals surface area contributed by atoms with Crippen LogP contribution in [0.1, 0.15) is 16.2 Å². The number of nitrogens with one attached hydrogen (secondary N) is 1. The van der Waals surface area contributed by atoms with E-state index in [0.717, 1.165) is 0 Å². The van der Waals surface area contributed by atoms with Crippen molar-refractivity contribution in [3.63, 3.8) is 0 Å². The Morgan fingerprint density at radius 1 is 1.29 bits per heavy atom. The minimum absolute atomic E-state index is 0.0883. The fraction of sp³-hybridized carbons (Fsp3) is 0.357. The van der Waals surface area contributed by atoms with Crippen LogP contribution in [-0.2, 0) is 13.0 Å². The highest BCUT2D eigenvalue weighted by Crippen LogP contribution is 2.20. The van der Waals surface area contributed by atoms with Crippen LogP contribution in [0.2, 0.25) is 0 Å². The van der Waals surface area contributed by atoms with E-state index in [1.165, 1.54) is 0 Å². The van der Waals surface area contributed by atoms with Gasteiger partial charge in [-0.1, -0.05) is 12.1 Å². The number of aromatic nitrogens is 3. The van der Waals surface area contributed by atoms with Gasteiger partial charge in [0.25, 0.3) is 5.91 Å². The molecule has 0 radical (unpaired) electrons. The average Bonchev–Trinajstić information content (AvgIpc) is 2.75. The van der Waals surface area contributed by atoms with Crippen molar-refractivity contribution in [1.82, 2.24) is 19.7 Å². The summed E-state index contributed by atoms with van der Waals surface area (Å²) in [6.07, 6.45) is 0.555. The van der Waals surface area contributed by atoms with Gasteiger partial charge in [0.2, 0.25) is 0 Å². The first-order valence-electron chi connectivity index (χ1n) is 6.77. The summed E-state index contributed by atoms with van der Waals surface area (Å²) in [5.41, 5.74) is 0.310. The minimum Gasteiger partial charge on any atom is -0.496 e. The third-order valence-electron chi connectivity index (χ3n) is 3.66. The molecule has 0 saturated carbocycles. The van der Waals surface area contributed by atoms with Crippen molar-refractivity contribution in [1.29, 1.82) is 0 Å². The molecule has 0 unspecified atom stereocenters. The monoisotopic (exact) mass is 288 g/mol. The number of benzene rings is 1. The third kappa shape index (κ3) is 2.42. The quantitative estimate of drug-likeness (QED) is 0.860. The van der Waals surface area contributed by atoms with Crippen molar-refractivity contribution < 1.29 is 9.53 Å². The van der Waals surface area contributed by atoms with Crippen LogP contribution in [0.4, 0.5) is 0 Å². The van der Waals surface area contributed by atoms with E-state index >= 15 is 0 Å². The van der Waals surface area contributed by atoms with Gasteiger partial charge in [0, 0.05) is 26.1 Å². The van der Waals surface area contributed by atoms with Gasteiger partial charge in [0.1, 0.15) is 11.6 Å². The maximum Gasteiger partial charge on any atom is 0.343 e. The number of carbonyl (C=O) groups excluding carboxylic acids is 1. The maximum absolute atomic E-state index is 12.6. The predicted octanol–water partition coefficient (Wildman–Crippen LogP) is 0.278. The van der Waals surface area contributed by atoms with E-state index in [1.807, 2.05) is 12.1 Å². The highest BCUT2D eigenvalue weighted by atomic mass is 16.5. The summed E-state index contributed by atoms with van der Waals surface area (Å²) < 4.78 is 6.81. The van der Waals surface area contributed by atoms with E-state index in [1.54, 1.807) is 28.7 Å². The second-order valence-corrected chi connectivity index (χ2v) is 4.84.